The van der Waals surface area contributed by atoms with Crippen molar-refractivity contribution in [1.82, 2.24) is 9.97 Å². The zero-order chi connectivity index (χ0) is 11.3. The van der Waals surface area contributed by atoms with Crippen LogP contribution in [0.3, 0.4) is 0 Å². The molecule has 1 aromatic heterocycles. The Balaban J connectivity index is 2.67. The first-order chi connectivity index (χ1) is 7.11. The van der Waals surface area contributed by atoms with Crippen molar-refractivity contribution in [1.29, 1.82) is 0 Å². The van der Waals surface area contributed by atoms with Crippen molar-refractivity contribution in [3.63, 3.8) is 0 Å². The summed E-state index contributed by atoms with van der Waals surface area (Å²) in [4.78, 5) is 18.2. The second-order valence-electron chi connectivity index (χ2n) is 3.07. The Kier molecular flexibility index (Phi) is 3.79. The summed E-state index contributed by atoms with van der Waals surface area (Å²) in [7, 11) is 0. The van der Waals surface area contributed by atoms with Gasteiger partial charge in [-0.1, -0.05) is 5.57 Å². The molecule has 0 spiro atoms. The van der Waals surface area contributed by atoms with Crippen LogP contribution in [-0.4, -0.2) is 27.7 Å². The maximum atomic E-state index is 10.7. The van der Waals surface area contributed by atoms with E-state index >= 15 is 0 Å². The number of rotatable bonds is 5. The van der Waals surface area contributed by atoms with E-state index in [0.717, 1.165) is 5.57 Å². The Morgan fingerprint density at radius 2 is 2.20 bits per heavy atom. The van der Waals surface area contributed by atoms with Crippen molar-refractivity contribution in [2.24, 2.45) is 0 Å². The fourth-order valence-corrected chi connectivity index (χ4v) is 0.900. The van der Waals surface area contributed by atoms with E-state index in [9.17, 15) is 4.79 Å². The lowest BCUT2D eigenvalue weighted by molar-refractivity contribution is 0.0684. The Morgan fingerprint density at radius 1 is 1.53 bits per heavy atom. The average molecular weight is 208 g/mol. The lowest BCUT2D eigenvalue weighted by Crippen LogP contribution is -2.08. The third-order valence-electron chi connectivity index (χ3n) is 1.63. The molecule has 80 valence electrons. The first-order valence-electron chi connectivity index (χ1n) is 4.42. The Morgan fingerprint density at radius 3 is 2.80 bits per heavy atom. The molecule has 0 bridgehead atoms. The van der Waals surface area contributed by atoms with Gasteiger partial charge in [-0.05, 0) is 6.92 Å². The van der Waals surface area contributed by atoms with Crippen molar-refractivity contribution >= 4 is 5.97 Å². The van der Waals surface area contributed by atoms with Crippen molar-refractivity contribution < 1.29 is 14.6 Å². The molecule has 0 unspecified atom stereocenters. The summed E-state index contributed by atoms with van der Waals surface area (Å²) in [6, 6.07) is 0. The molecule has 5 nitrogen and oxygen atoms in total. The van der Waals surface area contributed by atoms with E-state index in [1.807, 2.05) is 6.92 Å². The van der Waals surface area contributed by atoms with Crippen LogP contribution >= 0.6 is 0 Å². The summed E-state index contributed by atoms with van der Waals surface area (Å²) in [5.74, 6) is -1.10. The maximum absolute atomic E-state index is 10.7. The van der Waals surface area contributed by atoms with Gasteiger partial charge in [0.25, 0.3) is 0 Å². The Hall–Kier alpha value is -1.91. The summed E-state index contributed by atoms with van der Waals surface area (Å²) >= 11 is 0. The van der Waals surface area contributed by atoms with Gasteiger partial charge in [-0.15, -0.1) is 6.58 Å². The molecule has 0 aliphatic heterocycles. The van der Waals surface area contributed by atoms with Crippen molar-refractivity contribution in [2.45, 2.75) is 13.3 Å². The second-order valence-corrected chi connectivity index (χ2v) is 3.07. The third-order valence-corrected chi connectivity index (χ3v) is 1.63. The normalized spacial score (nSPS) is 9.67. The summed E-state index contributed by atoms with van der Waals surface area (Å²) in [6.45, 7) is 5.94. The highest BCUT2D eigenvalue weighted by Crippen LogP contribution is 2.11. The summed E-state index contributed by atoms with van der Waals surface area (Å²) < 4.78 is 5.19. The van der Waals surface area contributed by atoms with Gasteiger partial charge in [0.05, 0.1) is 6.61 Å². The smallest absolute Gasteiger partial charge is 0.360 e. The van der Waals surface area contributed by atoms with Crippen LogP contribution in [0, 0.1) is 0 Å². The summed E-state index contributed by atoms with van der Waals surface area (Å²) in [6.07, 6.45) is 3.37. The van der Waals surface area contributed by atoms with Gasteiger partial charge in [-0.3, -0.25) is 0 Å². The van der Waals surface area contributed by atoms with Crippen LogP contribution in [-0.2, 0) is 0 Å². The van der Waals surface area contributed by atoms with E-state index in [1.165, 1.54) is 12.4 Å². The molecule has 1 aromatic rings. The first kappa shape index (κ1) is 11.2. The minimum Gasteiger partial charge on any atom is -0.476 e. The van der Waals surface area contributed by atoms with Gasteiger partial charge in [0, 0.05) is 18.8 Å². The molecule has 1 N–H and O–H groups in total. The maximum Gasteiger partial charge on any atom is 0.360 e. The predicted molar refractivity (Wildman–Crippen MR) is 53.9 cm³/mol. The Bertz CT molecular complexity index is 377. The molecule has 0 radical (unpaired) electrons. The molecule has 1 heterocycles. The van der Waals surface area contributed by atoms with Gasteiger partial charge in [-0.25, -0.2) is 14.8 Å². The largest absolute Gasteiger partial charge is 0.476 e. The zero-order valence-electron chi connectivity index (χ0n) is 8.43. The van der Waals surface area contributed by atoms with Crippen LogP contribution in [0.5, 0.6) is 5.88 Å². The summed E-state index contributed by atoms with van der Waals surface area (Å²) in [5, 5.41) is 8.77. The van der Waals surface area contributed by atoms with Crippen LogP contribution in [0.25, 0.3) is 0 Å². The van der Waals surface area contributed by atoms with Gasteiger partial charge in [0.1, 0.15) is 0 Å². The third kappa shape index (κ3) is 3.38. The lowest BCUT2D eigenvalue weighted by Gasteiger charge is -2.06. The molecule has 0 aromatic carbocycles. The average Bonchev–Trinajstić information content (AvgIpc) is 2.17. The number of aromatic carboxylic acids is 1. The number of nitrogens with zero attached hydrogens (tertiary/aromatic N) is 2. The number of carboxylic acid groups (broad SMARTS) is 1. The number of hydrogen-bond acceptors (Lipinski definition) is 4. The molecule has 0 fully saturated rings. The molecule has 0 saturated heterocycles. The Labute approximate surface area is 87.4 Å². The molecule has 1 rings (SSSR count). The van der Waals surface area contributed by atoms with Gasteiger partial charge < -0.3 is 9.84 Å². The van der Waals surface area contributed by atoms with Crippen LogP contribution < -0.4 is 4.74 Å². The quantitative estimate of drug-likeness (QED) is 0.742. The summed E-state index contributed by atoms with van der Waals surface area (Å²) in [5.41, 5.74) is 0.801. The van der Waals surface area contributed by atoms with Crippen LogP contribution in [0.15, 0.2) is 24.5 Å². The fraction of sp³-hybridized carbons (Fsp3) is 0.300. The molecule has 0 saturated carbocycles. The molecule has 0 aliphatic rings. The molecule has 0 aliphatic carbocycles. The van der Waals surface area contributed by atoms with Crippen LogP contribution in [0.2, 0.25) is 0 Å². The number of carboxylic acids is 1. The number of aromatic nitrogens is 2. The van der Waals surface area contributed by atoms with Crippen LogP contribution in [0.1, 0.15) is 23.8 Å². The molecule has 0 atom stereocenters. The highest BCUT2D eigenvalue weighted by molar-refractivity contribution is 5.87. The van der Waals surface area contributed by atoms with E-state index in [2.05, 4.69) is 16.5 Å². The van der Waals surface area contributed by atoms with E-state index < -0.39 is 5.97 Å². The SMILES string of the molecule is C=C(C)CCOc1nccnc1C(=O)O. The zero-order valence-corrected chi connectivity index (χ0v) is 8.43. The standard InChI is InChI=1S/C10H12N2O3/c1-7(2)3-6-15-9-8(10(13)14)11-4-5-12-9/h4-5H,1,3,6H2,2H3,(H,13,14). The minimum atomic E-state index is -1.14. The minimum absolute atomic E-state index is 0.0475. The highest BCUT2D eigenvalue weighted by atomic mass is 16.5. The molecule has 5 heteroatoms. The van der Waals surface area contributed by atoms with E-state index in [0.29, 0.717) is 13.0 Å². The van der Waals surface area contributed by atoms with Gasteiger partial charge in [0.15, 0.2) is 0 Å². The van der Waals surface area contributed by atoms with Gasteiger partial charge in [-0.2, -0.15) is 0 Å². The topological polar surface area (TPSA) is 72.3 Å². The monoisotopic (exact) mass is 208 g/mol. The fourth-order valence-electron chi connectivity index (χ4n) is 0.900. The first-order valence-corrected chi connectivity index (χ1v) is 4.42. The van der Waals surface area contributed by atoms with Gasteiger partial charge >= 0.3 is 5.97 Å². The van der Waals surface area contributed by atoms with E-state index in [1.54, 1.807) is 0 Å². The lowest BCUT2D eigenvalue weighted by atomic mass is 10.3. The highest BCUT2D eigenvalue weighted by Gasteiger charge is 2.13. The molecular formula is C10H12N2O3. The van der Waals surface area contributed by atoms with E-state index in [4.69, 9.17) is 9.84 Å². The number of ether oxygens (including phenoxy) is 1. The van der Waals surface area contributed by atoms with Gasteiger partial charge in [0.2, 0.25) is 11.6 Å². The molecular weight excluding hydrogens is 196 g/mol. The molecule has 15 heavy (non-hydrogen) atoms. The van der Waals surface area contributed by atoms with Crippen molar-refractivity contribution in [3.8, 4) is 5.88 Å². The van der Waals surface area contributed by atoms with Crippen molar-refractivity contribution in [3.05, 3.63) is 30.2 Å². The number of hydrogen-bond donors (Lipinski definition) is 1. The van der Waals surface area contributed by atoms with Crippen LogP contribution in [0.4, 0.5) is 0 Å². The number of carbonyl (C=O) groups is 1. The second kappa shape index (κ2) is 5.09. The van der Waals surface area contributed by atoms with E-state index in [-0.39, 0.29) is 11.6 Å². The molecule has 0 amide bonds. The van der Waals surface area contributed by atoms with Crippen molar-refractivity contribution in [2.75, 3.05) is 6.61 Å². The predicted octanol–water partition coefficient (Wildman–Crippen LogP) is 1.52.